The smallest absolute Gasteiger partial charge is 0.255 e. The van der Waals surface area contributed by atoms with Crippen molar-refractivity contribution < 1.29 is 9.53 Å². The van der Waals surface area contributed by atoms with Gasteiger partial charge < -0.3 is 15.0 Å². The number of hydrogen-bond acceptors (Lipinski definition) is 6. The third-order valence-electron chi connectivity index (χ3n) is 6.35. The van der Waals surface area contributed by atoms with Crippen LogP contribution in [-0.2, 0) is 0 Å². The first-order valence-corrected chi connectivity index (χ1v) is 12.6. The first-order valence-electron chi connectivity index (χ1n) is 11.4. The third kappa shape index (κ3) is 4.56. The standard InChI is InChI=1S/C26H27ClN4O2S/c1-17-7-8-21(27)24-23(17)29-26(34-24)31-13-11-30(12-14-31)10-9-28-25(32)20-15-18-5-3-4-6-19(18)16-22(20)33-2/h3-8,15-16H,9-14H2,1-2H3,(H,28,32). The minimum atomic E-state index is -0.108. The molecule has 4 aromatic rings. The fourth-order valence-electron chi connectivity index (χ4n) is 4.38. The summed E-state index contributed by atoms with van der Waals surface area (Å²) >= 11 is 8.05. The summed E-state index contributed by atoms with van der Waals surface area (Å²) in [4.78, 5) is 22.4. The minimum Gasteiger partial charge on any atom is -0.496 e. The molecule has 0 unspecified atom stereocenters. The highest BCUT2D eigenvalue weighted by Crippen LogP contribution is 2.35. The summed E-state index contributed by atoms with van der Waals surface area (Å²) in [6.45, 7) is 7.13. The van der Waals surface area contributed by atoms with Gasteiger partial charge in [0.25, 0.3) is 5.91 Å². The number of amides is 1. The molecule has 8 heteroatoms. The predicted molar refractivity (Wildman–Crippen MR) is 141 cm³/mol. The molecule has 3 aromatic carbocycles. The molecule has 1 amide bonds. The Labute approximate surface area is 208 Å². The number of piperazine rings is 1. The monoisotopic (exact) mass is 494 g/mol. The molecule has 1 fully saturated rings. The van der Waals surface area contributed by atoms with Gasteiger partial charge in [0.1, 0.15) is 5.75 Å². The fraction of sp³-hybridized carbons (Fsp3) is 0.308. The number of fused-ring (bicyclic) bond motifs is 2. The van der Waals surface area contributed by atoms with Gasteiger partial charge in [-0.2, -0.15) is 0 Å². The Morgan fingerprint density at radius 3 is 2.56 bits per heavy atom. The van der Waals surface area contributed by atoms with Crippen molar-refractivity contribution in [2.24, 2.45) is 0 Å². The zero-order chi connectivity index (χ0) is 23.7. The van der Waals surface area contributed by atoms with E-state index in [9.17, 15) is 4.79 Å². The Balaban J connectivity index is 1.16. The van der Waals surface area contributed by atoms with Crippen LogP contribution >= 0.6 is 22.9 Å². The second-order valence-electron chi connectivity index (χ2n) is 8.52. The Morgan fingerprint density at radius 1 is 1.12 bits per heavy atom. The van der Waals surface area contributed by atoms with E-state index in [0.29, 0.717) is 17.9 Å². The van der Waals surface area contributed by atoms with Crippen molar-refractivity contribution in [3.8, 4) is 5.75 Å². The second-order valence-corrected chi connectivity index (χ2v) is 9.91. The van der Waals surface area contributed by atoms with E-state index in [1.165, 1.54) is 0 Å². The van der Waals surface area contributed by atoms with Crippen LogP contribution in [0.25, 0.3) is 21.0 Å². The van der Waals surface area contributed by atoms with Gasteiger partial charge in [0.2, 0.25) is 0 Å². The molecular formula is C26H27ClN4O2S. The van der Waals surface area contributed by atoms with Crippen LogP contribution in [0, 0.1) is 6.92 Å². The van der Waals surface area contributed by atoms with Crippen LogP contribution in [0.3, 0.4) is 0 Å². The normalized spacial score (nSPS) is 14.6. The molecular weight excluding hydrogens is 468 g/mol. The Morgan fingerprint density at radius 2 is 1.85 bits per heavy atom. The number of aromatic nitrogens is 1. The number of anilines is 1. The summed E-state index contributed by atoms with van der Waals surface area (Å²) in [5.41, 5.74) is 2.72. The van der Waals surface area contributed by atoms with Crippen LogP contribution in [0.15, 0.2) is 48.5 Å². The summed E-state index contributed by atoms with van der Waals surface area (Å²) in [6, 6.07) is 15.8. The average Bonchev–Trinajstić information content (AvgIpc) is 3.33. The molecule has 1 saturated heterocycles. The SMILES string of the molecule is COc1cc2ccccc2cc1C(=O)NCCN1CCN(c2nc3c(C)ccc(Cl)c3s2)CC1. The number of methoxy groups -OCH3 is 1. The van der Waals surface area contributed by atoms with Crippen molar-refractivity contribution in [2.75, 3.05) is 51.3 Å². The summed E-state index contributed by atoms with van der Waals surface area (Å²) < 4.78 is 6.53. The number of carbonyl (C=O) groups is 1. The van der Waals surface area contributed by atoms with Crippen LogP contribution in [0.5, 0.6) is 5.75 Å². The zero-order valence-electron chi connectivity index (χ0n) is 19.3. The third-order valence-corrected chi connectivity index (χ3v) is 7.93. The minimum absolute atomic E-state index is 0.108. The van der Waals surface area contributed by atoms with E-state index in [0.717, 1.165) is 69.4 Å². The molecule has 0 aliphatic carbocycles. The van der Waals surface area contributed by atoms with E-state index in [2.05, 4.69) is 22.0 Å². The number of carbonyl (C=O) groups excluding carboxylic acids is 1. The lowest BCUT2D eigenvalue weighted by atomic mass is 10.1. The molecule has 5 rings (SSSR count). The van der Waals surface area contributed by atoms with Crippen LogP contribution < -0.4 is 15.0 Å². The lowest BCUT2D eigenvalue weighted by molar-refractivity contribution is 0.0945. The van der Waals surface area contributed by atoms with E-state index in [4.69, 9.17) is 21.3 Å². The molecule has 0 atom stereocenters. The average molecular weight is 495 g/mol. The molecule has 6 nitrogen and oxygen atoms in total. The van der Waals surface area contributed by atoms with Crippen LogP contribution in [0.1, 0.15) is 15.9 Å². The van der Waals surface area contributed by atoms with E-state index in [-0.39, 0.29) is 5.91 Å². The van der Waals surface area contributed by atoms with Crippen molar-refractivity contribution in [3.63, 3.8) is 0 Å². The van der Waals surface area contributed by atoms with Gasteiger partial charge >= 0.3 is 0 Å². The summed E-state index contributed by atoms with van der Waals surface area (Å²) in [5.74, 6) is 0.485. The number of benzene rings is 3. The van der Waals surface area contributed by atoms with Gasteiger partial charge in [-0.15, -0.1) is 0 Å². The number of hydrogen-bond donors (Lipinski definition) is 1. The molecule has 1 aliphatic heterocycles. The van der Waals surface area contributed by atoms with Crippen molar-refractivity contribution in [1.82, 2.24) is 15.2 Å². The lowest BCUT2D eigenvalue weighted by Crippen LogP contribution is -2.48. The second kappa shape index (κ2) is 9.78. The van der Waals surface area contributed by atoms with Gasteiger partial charge in [-0.1, -0.05) is 53.3 Å². The van der Waals surface area contributed by atoms with Gasteiger partial charge in [0.05, 0.1) is 27.9 Å². The maximum Gasteiger partial charge on any atom is 0.255 e. The fourth-order valence-corrected chi connectivity index (χ4v) is 5.75. The molecule has 1 aromatic heterocycles. The molecule has 0 bridgehead atoms. The van der Waals surface area contributed by atoms with Crippen molar-refractivity contribution in [1.29, 1.82) is 0 Å². The molecule has 0 radical (unpaired) electrons. The number of ether oxygens (including phenoxy) is 1. The number of aryl methyl sites for hydroxylation is 1. The zero-order valence-corrected chi connectivity index (χ0v) is 20.9. The van der Waals surface area contributed by atoms with Gasteiger partial charge in [-0.25, -0.2) is 4.98 Å². The number of rotatable bonds is 6. The molecule has 1 aliphatic rings. The quantitative estimate of drug-likeness (QED) is 0.410. The largest absolute Gasteiger partial charge is 0.496 e. The van der Waals surface area contributed by atoms with Crippen molar-refractivity contribution in [2.45, 2.75) is 6.92 Å². The van der Waals surface area contributed by atoms with E-state index >= 15 is 0 Å². The highest BCUT2D eigenvalue weighted by Gasteiger charge is 2.21. The highest BCUT2D eigenvalue weighted by molar-refractivity contribution is 7.22. The molecule has 0 saturated carbocycles. The van der Waals surface area contributed by atoms with Crippen LogP contribution in [-0.4, -0.2) is 62.2 Å². The van der Waals surface area contributed by atoms with E-state index < -0.39 is 0 Å². The van der Waals surface area contributed by atoms with Gasteiger partial charge in [-0.05, 0) is 41.5 Å². The van der Waals surface area contributed by atoms with E-state index in [1.54, 1.807) is 18.4 Å². The lowest BCUT2D eigenvalue weighted by Gasteiger charge is -2.34. The first kappa shape index (κ1) is 22.9. The maximum absolute atomic E-state index is 12.9. The number of nitrogens with zero attached hydrogens (tertiary/aromatic N) is 3. The predicted octanol–water partition coefficient (Wildman–Crippen LogP) is 4.97. The molecule has 176 valence electrons. The Bertz CT molecular complexity index is 1310. The number of halogens is 1. The van der Waals surface area contributed by atoms with Crippen molar-refractivity contribution in [3.05, 3.63) is 64.7 Å². The summed E-state index contributed by atoms with van der Waals surface area (Å²) in [5, 5.41) is 6.93. The van der Waals surface area contributed by atoms with Gasteiger partial charge in [-0.3, -0.25) is 9.69 Å². The molecule has 1 N–H and O–H groups in total. The van der Waals surface area contributed by atoms with Gasteiger partial charge in [0, 0.05) is 39.3 Å². The highest BCUT2D eigenvalue weighted by atomic mass is 35.5. The Kier molecular flexibility index (Phi) is 6.59. The summed E-state index contributed by atoms with van der Waals surface area (Å²) in [7, 11) is 1.60. The molecule has 2 heterocycles. The Hall–Kier alpha value is -2.87. The number of nitrogens with one attached hydrogen (secondary N) is 1. The van der Waals surface area contributed by atoms with E-state index in [1.807, 2.05) is 48.5 Å². The van der Waals surface area contributed by atoms with Crippen molar-refractivity contribution >= 4 is 55.0 Å². The molecule has 34 heavy (non-hydrogen) atoms. The van der Waals surface area contributed by atoms with Crippen LogP contribution in [0.4, 0.5) is 5.13 Å². The van der Waals surface area contributed by atoms with Gasteiger partial charge in [0.15, 0.2) is 5.13 Å². The maximum atomic E-state index is 12.9. The molecule has 0 spiro atoms. The topological polar surface area (TPSA) is 57.7 Å². The number of thiazole rings is 1. The van der Waals surface area contributed by atoms with Crippen LogP contribution in [0.2, 0.25) is 5.02 Å². The first-order chi connectivity index (χ1) is 16.5. The summed E-state index contributed by atoms with van der Waals surface area (Å²) in [6.07, 6.45) is 0.